The lowest BCUT2D eigenvalue weighted by molar-refractivity contribution is -0.123. The van der Waals surface area contributed by atoms with Crippen molar-refractivity contribution in [3.05, 3.63) is 18.6 Å². The van der Waals surface area contributed by atoms with Gasteiger partial charge in [-0.25, -0.2) is 0 Å². The van der Waals surface area contributed by atoms with Crippen LogP contribution in [-0.2, 0) is 9.59 Å². The Morgan fingerprint density at radius 1 is 1.50 bits per heavy atom. The van der Waals surface area contributed by atoms with Gasteiger partial charge in [0.25, 0.3) is 11.8 Å². The predicted molar refractivity (Wildman–Crippen MR) is 25.5 cm³/mol. The van der Waals surface area contributed by atoms with Crippen LogP contribution in [0.2, 0.25) is 0 Å². The van der Waals surface area contributed by atoms with Gasteiger partial charge in [0.1, 0.15) is 0 Å². The Kier molecular flexibility index (Phi) is 0.901. The molecule has 0 aromatic carbocycles. The van der Waals surface area contributed by atoms with Crippen molar-refractivity contribution in [3.8, 4) is 0 Å². The monoisotopic (exact) mass is 109 g/mol. The van der Waals surface area contributed by atoms with Crippen molar-refractivity contribution in [2.45, 2.75) is 0 Å². The number of hydrogen-bond acceptors (Lipinski definition) is 2. The molecule has 2 amide bonds. The van der Waals surface area contributed by atoms with Gasteiger partial charge in [-0.15, -0.1) is 0 Å². The van der Waals surface area contributed by atoms with Crippen molar-refractivity contribution in [2.24, 2.45) is 0 Å². The van der Waals surface area contributed by atoms with Crippen molar-refractivity contribution >= 4 is 11.8 Å². The zero-order chi connectivity index (χ0) is 6.15. The minimum Gasteiger partial charge on any atom is -0.289 e. The van der Waals surface area contributed by atoms with E-state index in [1.807, 2.05) is 5.32 Å². The summed E-state index contributed by atoms with van der Waals surface area (Å²) in [7, 11) is 0. The lowest BCUT2D eigenvalue weighted by Gasteiger charge is -1.84. The summed E-state index contributed by atoms with van der Waals surface area (Å²) in [6.07, 6.45) is 1.06. The number of rotatable bonds is 0. The van der Waals surface area contributed by atoms with E-state index in [9.17, 15) is 9.59 Å². The van der Waals surface area contributed by atoms with Crippen molar-refractivity contribution < 1.29 is 9.59 Å². The maximum Gasteiger partial charge on any atom is 0.254 e. The van der Waals surface area contributed by atoms with Gasteiger partial charge in [-0.05, 0) is 0 Å². The Bertz CT molecular complexity index is 181. The van der Waals surface area contributed by atoms with Crippen LogP contribution >= 0.6 is 0 Å². The third-order valence-corrected chi connectivity index (χ3v) is 0.786. The van der Waals surface area contributed by atoms with Crippen LogP contribution in [0.4, 0.5) is 0 Å². The molecule has 1 aliphatic rings. The van der Waals surface area contributed by atoms with Crippen LogP contribution in [-0.4, -0.2) is 11.8 Å². The highest BCUT2D eigenvalue weighted by Crippen LogP contribution is 1.97. The van der Waals surface area contributed by atoms with Gasteiger partial charge in [-0.3, -0.25) is 14.9 Å². The first-order valence-corrected chi connectivity index (χ1v) is 2.02. The maximum absolute atomic E-state index is 10.3. The fourth-order valence-electron chi connectivity index (χ4n) is 0.427. The third kappa shape index (κ3) is 0.621. The van der Waals surface area contributed by atoms with Gasteiger partial charge in [0.15, 0.2) is 0 Å². The van der Waals surface area contributed by atoms with Crippen molar-refractivity contribution in [3.63, 3.8) is 0 Å². The smallest absolute Gasteiger partial charge is 0.254 e. The van der Waals surface area contributed by atoms with Crippen LogP contribution in [0.5, 0.6) is 0 Å². The molecule has 40 valence electrons. The molecule has 8 heavy (non-hydrogen) atoms. The second-order valence-electron chi connectivity index (χ2n) is 1.42. The van der Waals surface area contributed by atoms with E-state index in [1.54, 1.807) is 0 Å². The Hall–Kier alpha value is -1.12. The molecular weight excluding hydrogens is 106 g/mol. The summed E-state index contributed by atoms with van der Waals surface area (Å²) in [5, 5.41) is 1.97. The van der Waals surface area contributed by atoms with E-state index < -0.39 is 11.8 Å². The molecule has 0 saturated carbocycles. The van der Waals surface area contributed by atoms with E-state index in [1.165, 1.54) is 0 Å². The van der Waals surface area contributed by atoms with Gasteiger partial charge in [-0.1, -0.05) is 0 Å². The van der Waals surface area contributed by atoms with Crippen LogP contribution < -0.4 is 5.32 Å². The quantitative estimate of drug-likeness (QED) is 0.417. The van der Waals surface area contributed by atoms with Gasteiger partial charge in [0, 0.05) is 18.6 Å². The SMILES string of the molecule is [CH]C1=CC(=O)NC1=O. The van der Waals surface area contributed by atoms with Gasteiger partial charge in [-0.2, -0.15) is 0 Å². The van der Waals surface area contributed by atoms with Crippen LogP contribution in [0, 0.1) is 6.92 Å². The van der Waals surface area contributed by atoms with E-state index >= 15 is 0 Å². The molecule has 0 aromatic rings. The molecule has 3 heteroatoms. The molecule has 1 aliphatic heterocycles. The van der Waals surface area contributed by atoms with Crippen LogP contribution in [0.25, 0.3) is 0 Å². The molecule has 3 nitrogen and oxygen atoms in total. The topological polar surface area (TPSA) is 46.2 Å². The zero-order valence-electron chi connectivity index (χ0n) is 3.97. The Morgan fingerprint density at radius 2 is 2.12 bits per heavy atom. The van der Waals surface area contributed by atoms with E-state index in [0.29, 0.717) is 0 Å². The normalized spacial score (nSPS) is 18.4. The summed E-state index contributed by atoms with van der Waals surface area (Å²) in [5.41, 5.74) is -0.0185. The van der Waals surface area contributed by atoms with E-state index in [4.69, 9.17) is 6.92 Å². The second kappa shape index (κ2) is 1.43. The summed E-state index contributed by atoms with van der Waals surface area (Å²) in [6, 6.07) is 0. The summed E-state index contributed by atoms with van der Waals surface area (Å²) in [4.78, 5) is 20.4. The van der Waals surface area contributed by atoms with Gasteiger partial charge < -0.3 is 0 Å². The first-order valence-electron chi connectivity index (χ1n) is 2.02. The molecule has 0 atom stereocenters. The number of imide groups is 1. The maximum atomic E-state index is 10.3. The zero-order valence-corrected chi connectivity index (χ0v) is 3.97. The highest BCUT2D eigenvalue weighted by molar-refractivity contribution is 6.16. The second-order valence-corrected chi connectivity index (χ2v) is 1.42. The van der Waals surface area contributed by atoms with E-state index in [0.717, 1.165) is 6.08 Å². The first kappa shape index (κ1) is 5.03. The van der Waals surface area contributed by atoms with E-state index in [-0.39, 0.29) is 5.57 Å². The molecule has 1 N–H and O–H groups in total. The highest BCUT2D eigenvalue weighted by Gasteiger charge is 2.15. The molecule has 1 rings (SSSR count). The van der Waals surface area contributed by atoms with Crippen molar-refractivity contribution in [1.82, 2.24) is 5.32 Å². The molecule has 0 unspecified atom stereocenters. The largest absolute Gasteiger partial charge is 0.289 e. The predicted octanol–water partition coefficient (Wildman–Crippen LogP) is -0.720. The number of nitrogens with one attached hydrogen (secondary N) is 1. The minimum atomic E-state index is -0.505. The fraction of sp³-hybridized carbons (Fsp3) is 0. The number of hydrogen-bond donors (Lipinski definition) is 1. The lowest BCUT2D eigenvalue weighted by atomic mass is 10.3. The molecule has 0 aromatic heterocycles. The van der Waals surface area contributed by atoms with Gasteiger partial charge >= 0.3 is 0 Å². The molecule has 1 heterocycles. The van der Waals surface area contributed by atoms with Crippen LogP contribution in [0.3, 0.4) is 0 Å². The van der Waals surface area contributed by atoms with Gasteiger partial charge in [0.05, 0.1) is 0 Å². The summed E-state index contributed by atoms with van der Waals surface area (Å²) >= 11 is 0. The van der Waals surface area contributed by atoms with E-state index in [2.05, 4.69) is 0 Å². The standard InChI is InChI=1S/C5H3NO2/c1-3-2-4(7)6-5(3)8/h1-2H,(H,6,7,8). The van der Waals surface area contributed by atoms with Gasteiger partial charge in [0.2, 0.25) is 0 Å². The number of carbonyl (C=O) groups is 2. The third-order valence-electron chi connectivity index (χ3n) is 0.786. The number of amides is 2. The average molecular weight is 109 g/mol. The lowest BCUT2D eigenvalue weighted by Crippen LogP contribution is -2.21. The first-order chi connectivity index (χ1) is 3.70. The minimum absolute atomic E-state index is 0.0185. The summed E-state index contributed by atoms with van der Waals surface area (Å²) < 4.78 is 0. The molecule has 0 fully saturated rings. The Morgan fingerprint density at radius 3 is 2.25 bits per heavy atom. The Labute approximate surface area is 46.4 Å². The van der Waals surface area contributed by atoms with Crippen molar-refractivity contribution in [1.29, 1.82) is 0 Å². The summed E-state index contributed by atoms with van der Waals surface area (Å²) in [6.45, 7) is 5.00. The van der Waals surface area contributed by atoms with Crippen LogP contribution in [0.15, 0.2) is 11.6 Å². The number of carbonyl (C=O) groups excluding carboxylic acids is 2. The molecular formula is C5H3NO2. The average Bonchev–Trinajstić information content (AvgIpc) is 1.85. The van der Waals surface area contributed by atoms with Crippen molar-refractivity contribution in [2.75, 3.05) is 0 Å². The van der Waals surface area contributed by atoms with Crippen LogP contribution in [0.1, 0.15) is 0 Å². The highest BCUT2D eigenvalue weighted by atomic mass is 16.2. The molecule has 0 bridgehead atoms. The molecule has 0 aliphatic carbocycles. The molecule has 0 spiro atoms. The Balaban J connectivity index is 2.88. The molecule has 2 radical (unpaired) electrons. The molecule has 0 saturated heterocycles. The fourth-order valence-corrected chi connectivity index (χ4v) is 0.427. The summed E-state index contributed by atoms with van der Waals surface area (Å²) in [5.74, 6) is -0.942.